The minimum absolute atomic E-state index is 0.00813. The quantitative estimate of drug-likeness (QED) is 0.814. The first-order chi connectivity index (χ1) is 9.38. The Bertz CT molecular complexity index is 539. The molecule has 1 saturated heterocycles. The molecule has 6 nitrogen and oxygen atoms in total. The van der Waals surface area contributed by atoms with Gasteiger partial charge < -0.3 is 9.64 Å². The molecule has 2 rings (SSSR count). The molecule has 20 heavy (non-hydrogen) atoms. The Morgan fingerprint density at radius 3 is 2.55 bits per heavy atom. The van der Waals surface area contributed by atoms with Crippen molar-refractivity contribution in [1.82, 2.24) is 9.78 Å². The average molecular weight is 279 g/mol. The number of hydrogen-bond donors (Lipinski definition) is 0. The van der Waals surface area contributed by atoms with E-state index >= 15 is 0 Å². The third kappa shape index (κ3) is 3.45. The molecule has 0 unspecified atom stereocenters. The van der Waals surface area contributed by atoms with Crippen LogP contribution in [0.5, 0.6) is 0 Å². The Kier molecular flexibility index (Phi) is 4.23. The van der Waals surface area contributed by atoms with Crippen molar-refractivity contribution in [3.63, 3.8) is 0 Å². The van der Waals surface area contributed by atoms with Gasteiger partial charge in [-0.1, -0.05) is 20.8 Å². The highest BCUT2D eigenvalue weighted by molar-refractivity contribution is 5.83. The molecule has 0 amide bonds. The number of aromatic nitrogens is 2. The maximum atomic E-state index is 12.0. The van der Waals surface area contributed by atoms with Crippen LogP contribution in [0.3, 0.4) is 0 Å². The Balaban J connectivity index is 2.14. The van der Waals surface area contributed by atoms with Gasteiger partial charge in [0.2, 0.25) is 0 Å². The number of carbonyl (C=O) groups is 1. The van der Waals surface area contributed by atoms with Gasteiger partial charge in [0.05, 0.1) is 25.1 Å². The molecule has 1 aromatic rings. The Hall–Kier alpha value is -1.69. The molecule has 0 aromatic carbocycles. The van der Waals surface area contributed by atoms with Crippen molar-refractivity contribution in [2.24, 2.45) is 5.41 Å². The van der Waals surface area contributed by atoms with Crippen LogP contribution in [0.4, 0.5) is 5.69 Å². The fraction of sp³-hybridized carbons (Fsp3) is 0.643. The highest BCUT2D eigenvalue weighted by atomic mass is 16.5. The second kappa shape index (κ2) is 5.75. The molecule has 6 heteroatoms. The maximum absolute atomic E-state index is 12.0. The van der Waals surface area contributed by atoms with Crippen molar-refractivity contribution in [2.75, 3.05) is 31.2 Å². The van der Waals surface area contributed by atoms with Gasteiger partial charge in [-0.25, -0.2) is 4.68 Å². The van der Waals surface area contributed by atoms with E-state index in [1.165, 1.54) is 10.7 Å². The van der Waals surface area contributed by atoms with Crippen LogP contribution in [-0.2, 0) is 16.1 Å². The standard InChI is InChI=1S/C14H21N3O3/c1-14(2,3)12(18)10-17-13(19)8-11(9-15-17)16-4-6-20-7-5-16/h8-9H,4-7,10H2,1-3H3. The highest BCUT2D eigenvalue weighted by Gasteiger charge is 2.22. The third-order valence-corrected chi connectivity index (χ3v) is 3.36. The Morgan fingerprint density at radius 1 is 1.35 bits per heavy atom. The molecular formula is C14H21N3O3. The lowest BCUT2D eigenvalue weighted by atomic mass is 9.91. The van der Waals surface area contributed by atoms with Gasteiger partial charge in [-0.3, -0.25) is 9.59 Å². The number of rotatable bonds is 3. The van der Waals surface area contributed by atoms with Crippen molar-refractivity contribution in [2.45, 2.75) is 27.3 Å². The topological polar surface area (TPSA) is 64.4 Å². The van der Waals surface area contributed by atoms with Gasteiger partial charge >= 0.3 is 0 Å². The summed E-state index contributed by atoms with van der Waals surface area (Å²) < 4.78 is 6.49. The summed E-state index contributed by atoms with van der Waals surface area (Å²) in [6.07, 6.45) is 1.64. The molecule has 1 fully saturated rings. The summed E-state index contributed by atoms with van der Waals surface area (Å²) in [6, 6.07) is 1.54. The smallest absolute Gasteiger partial charge is 0.269 e. The van der Waals surface area contributed by atoms with E-state index in [-0.39, 0.29) is 17.9 Å². The monoisotopic (exact) mass is 279 g/mol. The molecule has 2 heterocycles. The van der Waals surface area contributed by atoms with E-state index in [0.717, 1.165) is 18.8 Å². The van der Waals surface area contributed by atoms with Crippen molar-refractivity contribution < 1.29 is 9.53 Å². The first-order valence-electron chi connectivity index (χ1n) is 6.81. The summed E-state index contributed by atoms with van der Waals surface area (Å²) in [5.41, 5.74) is 0.0774. The van der Waals surface area contributed by atoms with Gasteiger partial charge in [0.25, 0.3) is 5.56 Å². The van der Waals surface area contributed by atoms with Crippen LogP contribution in [-0.4, -0.2) is 41.9 Å². The van der Waals surface area contributed by atoms with Crippen LogP contribution >= 0.6 is 0 Å². The van der Waals surface area contributed by atoms with Gasteiger partial charge in [-0.15, -0.1) is 0 Å². The molecule has 0 N–H and O–H groups in total. The Morgan fingerprint density at radius 2 is 2.00 bits per heavy atom. The van der Waals surface area contributed by atoms with E-state index in [1.807, 2.05) is 20.8 Å². The number of Topliss-reactive ketones (excluding diaryl/α,β-unsaturated/α-hetero) is 1. The van der Waals surface area contributed by atoms with Crippen molar-refractivity contribution in [1.29, 1.82) is 0 Å². The molecule has 0 spiro atoms. The van der Waals surface area contributed by atoms with Gasteiger partial charge in [-0.05, 0) is 0 Å². The lowest BCUT2D eigenvalue weighted by Gasteiger charge is -2.28. The van der Waals surface area contributed by atoms with Crippen LogP contribution in [0.2, 0.25) is 0 Å². The number of ether oxygens (including phenoxy) is 1. The molecule has 1 aliphatic rings. The van der Waals surface area contributed by atoms with Gasteiger partial charge in [-0.2, -0.15) is 5.10 Å². The number of nitrogens with zero attached hydrogens (tertiary/aromatic N) is 3. The maximum Gasteiger partial charge on any atom is 0.269 e. The van der Waals surface area contributed by atoms with Crippen molar-refractivity contribution in [3.05, 3.63) is 22.6 Å². The van der Waals surface area contributed by atoms with Crippen LogP contribution in [0.1, 0.15) is 20.8 Å². The summed E-state index contributed by atoms with van der Waals surface area (Å²) >= 11 is 0. The van der Waals surface area contributed by atoms with Crippen LogP contribution in [0.15, 0.2) is 17.1 Å². The van der Waals surface area contributed by atoms with Crippen LogP contribution in [0.25, 0.3) is 0 Å². The average Bonchev–Trinajstić information content (AvgIpc) is 2.41. The van der Waals surface area contributed by atoms with E-state index in [0.29, 0.717) is 13.2 Å². The van der Waals surface area contributed by atoms with Crippen molar-refractivity contribution in [3.8, 4) is 0 Å². The SMILES string of the molecule is CC(C)(C)C(=O)Cn1ncc(N2CCOCC2)cc1=O. The fourth-order valence-electron chi connectivity index (χ4n) is 1.91. The van der Waals surface area contributed by atoms with E-state index < -0.39 is 5.41 Å². The molecule has 110 valence electrons. The van der Waals surface area contributed by atoms with Gasteiger partial charge in [0.1, 0.15) is 6.54 Å². The number of anilines is 1. The molecule has 0 bridgehead atoms. The predicted molar refractivity (Wildman–Crippen MR) is 76.0 cm³/mol. The highest BCUT2D eigenvalue weighted by Crippen LogP contribution is 2.15. The first kappa shape index (κ1) is 14.7. The van der Waals surface area contributed by atoms with Crippen LogP contribution in [0, 0.1) is 5.41 Å². The second-order valence-corrected chi connectivity index (χ2v) is 5.98. The number of morpholine rings is 1. The minimum atomic E-state index is -0.468. The lowest BCUT2D eigenvalue weighted by Crippen LogP contribution is -2.38. The Labute approximate surface area is 118 Å². The number of hydrogen-bond acceptors (Lipinski definition) is 5. The third-order valence-electron chi connectivity index (χ3n) is 3.36. The zero-order valence-electron chi connectivity index (χ0n) is 12.3. The van der Waals surface area contributed by atoms with Gasteiger partial charge in [0, 0.05) is 24.6 Å². The largest absolute Gasteiger partial charge is 0.378 e. The summed E-state index contributed by atoms with van der Waals surface area (Å²) in [6.45, 7) is 8.36. The first-order valence-corrected chi connectivity index (χ1v) is 6.81. The predicted octanol–water partition coefficient (Wildman–Crippen LogP) is 0.695. The zero-order chi connectivity index (χ0) is 14.8. The summed E-state index contributed by atoms with van der Waals surface area (Å²) in [5, 5.41) is 4.11. The normalized spacial score (nSPS) is 16.2. The van der Waals surface area contributed by atoms with E-state index in [9.17, 15) is 9.59 Å². The molecule has 0 radical (unpaired) electrons. The zero-order valence-corrected chi connectivity index (χ0v) is 12.3. The molecular weight excluding hydrogens is 258 g/mol. The fourth-order valence-corrected chi connectivity index (χ4v) is 1.91. The van der Waals surface area contributed by atoms with E-state index in [2.05, 4.69) is 10.00 Å². The minimum Gasteiger partial charge on any atom is -0.378 e. The van der Waals surface area contributed by atoms with E-state index in [1.54, 1.807) is 6.20 Å². The number of ketones is 1. The van der Waals surface area contributed by atoms with Gasteiger partial charge in [0.15, 0.2) is 5.78 Å². The van der Waals surface area contributed by atoms with Crippen molar-refractivity contribution >= 4 is 11.5 Å². The second-order valence-electron chi connectivity index (χ2n) is 5.98. The summed E-state index contributed by atoms with van der Waals surface area (Å²) in [7, 11) is 0. The van der Waals surface area contributed by atoms with Crippen LogP contribution < -0.4 is 10.5 Å². The molecule has 0 aliphatic carbocycles. The lowest BCUT2D eigenvalue weighted by molar-refractivity contribution is -0.127. The summed E-state index contributed by atoms with van der Waals surface area (Å²) in [5.74, 6) is -0.00813. The molecule has 1 aliphatic heterocycles. The summed E-state index contributed by atoms with van der Waals surface area (Å²) in [4.78, 5) is 26.0. The molecule has 0 saturated carbocycles. The molecule has 1 aromatic heterocycles. The van der Waals surface area contributed by atoms with E-state index in [4.69, 9.17) is 4.74 Å². The molecule has 0 atom stereocenters. The number of carbonyl (C=O) groups excluding carboxylic acids is 1.